The van der Waals surface area contributed by atoms with Gasteiger partial charge in [0.25, 0.3) is 5.91 Å². The third-order valence-corrected chi connectivity index (χ3v) is 5.48. The van der Waals surface area contributed by atoms with Crippen LogP contribution in [0.2, 0.25) is 0 Å². The van der Waals surface area contributed by atoms with Crippen LogP contribution in [0, 0.1) is 5.92 Å². The van der Waals surface area contributed by atoms with Gasteiger partial charge >= 0.3 is 6.09 Å². The normalized spacial score (nSPS) is 20.2. The summed E-state index contributed by atoms with van der Waals surface area (Å²) in [6.45, 7) is 7.30. The molecule has 35 heavy (non-hydrogen) atoms. The van der Waals surface area contributed by atoms with Crippen LogP contribution < -0.4 is 16.0 Å². The fourth-order valence-corrected chi connectivity index (χ4v) is 3.59. The van der Waals surface area contributed by atoms with E-state index >= 15 is 0 Å². The Morgan fingerprint density at radius 3 is 2.60 bits per heavy atom. The van der Waals surface area contributed by atoms with Crippen LogP contribution in [0.15, 0.2) is 52.1 Å². The Morgan fingerprint density at radius 1 is 1.26 bits per heavy atom. The average molecular weight is 484 g/mol. The highest BCUT2D eigenvalue weighted by Crippen LogP contribution is 2.16. The zero-order valence-corrected chi connectivity index (χ0v) is 20.4. The SMILES string of the molecule is C=N/C=C1/CC(NC(=O)C(NC(=O)OCc2ccccc2)C(C)C)C(=O)C(=O)NCCCC1=NC. The van der Waals surface area contributed by atoms with Crippen molar-refractivity contribution < 1.29 is 23.9 Å². The lowest BCUT2D eigenvalue weighted by atomic mass is 9.94. The second-order valence-corrected chi connectivity index (χ2v) is 8.42. The lowest BCUT2D eigenvalue weighted by molar-refractivity contribution is -0.140. The molecule has 1 aliphatic rings. The van der Waals surface area contributed by atoms with Gasteiger partial charge < -0.3 is 20.7 Å². The summed E-state index contributed by atoms with van der Waals surface area (Å²) >= 11 is 0. The van der Waals surface area contributed by atoms with Crippen molar-refractivity contribution in [2.75, 3.05) is 13.6 Å². The minimum absolute atomic E-state index is 0.00690. The second kappa shape index (κ2) is 13.8. The first-order valence-corrected chi connectivity index (χ1v) is 11.5. The van der Waals surface area contributed by atoms with Crippen LogP contribution in [0.5, 0.6) is 0 Å². The molecule has 0 radical (unpaired) electrons. The van der Waals surface area contributed by atoms with Gasteiger partial charge in [-0.05, 0) is 36.6 Å². The van der Waals surface area contributed by atoms with Crippen molar-refractivity contribution in [3.05, 3.63) is 47.7 Å². The number of carbonyl (C=O) groups excluding carboxylic acids is 4. The van der Waals surface area contributed by atoms with Gasteiger partial charge in [0.1, 0.15) is 18.7 Å². The van der Waals surface area contributed by atoms with Gasteiger partial charge in [-0.3, -0.25) is 24.4 Å². The number of aliphatic imine (C=N–C) groups is 2. The zero-order valence-electron chi connectivity index (χ0n) is 20.4. The van der Waals surface area contributed by atoms with Gasteiger partial charge in [0.05, 0.1) is 0 Å². The van der Waals surface area contributed by atoms with Gasteiger partial charge in [-0.1, -0.05) is 44.2 Å². The Labute approximate surface area is 205 Å². The number of benzene rings is 1. The molecule has 0 spiro atoms. The fourth-order valence-electron chi connectivity index (χ4n) is 3.59. The molecule has 1 heterocycles. The van der Waals surface area contributed by atoms with Crippen LogP contribution >= 0.6 is 0 Å². The summed E-state index contributed by atoms with van der Waals surface area (Å²) in [5, 5.41) is 7.76. The van der Waals surface area contributed by atoms with E-state index in [-0.39, 0.29) is 18.9 Å². The standard InChI is InChI=1S/C25H33N5O5/c1-16(2)21(30-25(34)35-15-17-9-6-5-7-10-17)23(32)29-20-13-18(14-26-3)19(27-4)11-8-12-28-24(33)22(20)31/h5-7,9-10,14,16,20-21H,3,8,11-13,15H2,1-2,4H3,(H,28,33)(H,29,32)(H,30,34)/b18-14-,27-19?. The predicted molar refractivity (Wildman–Crippen MR) is 133 cm³/mol. The molecule has 10 nitrogen and oxygen atoms in total. The lowest BCUT2D eigenvalue weighted by Crippen LogP contribution is -2.55. The van der Waals surface area contributed by atoms with E-state index in [1.54, 1.807) is 20.9 Å². The van der Waals surface area contributed by atoms with Crippen LogP contribution in [0.25, 0.3) is 0 Å². The van der Waals surface area contributed by atoms with Gasteiger partial charge in [0.2, 0.25) is 11.7 Å². The first kappa shape index (κ1) is 27.4. The molecule has 0 saturated carbocycles. The molecule has 0 aliphatic carbocycles. The second-order valence-electron chi connectivity index (χ2n) is 8.42. The first-order chi connectivity index (χ1) is 16.8. The zero-order chi connectivity index (χ0) is 25.8. The maximum atomic E-state index is 13.1. The molecular formula is C25H33N5O5. The number of nitrogens with zero attached hydrogens (tertiary/aromatic N) is 2. The molecule has 188 valence electrons. The van der Waals surface area contributed by atoms with E-state index in [4.69, 9.17) is 4.74 Å². The highest BCUT2D eigenvalue weighted by molar-refractivity contribution is 6.38. The Hall–Kier alpha value is -3.82. The molecule has 0 bridgehead atoms. The molecule has 2 unspecified atom stereocenters. The molecule has 1 aromatic carbocycles. The Kier molecular flexibility index (Phi) is 10.8. The highest BCUT2D eigenvalue weighted by Gasteiger charge is 2.33. The van der Waals surface area contributed by atoms with Crippen LogP contribution in [0.1, 0.15) is 38.7 Å². The summed E-state index contributed by atoms with van der Waals surface area (Å²) in [5.41, 5.74) is 2.12. The molecule has 1 aromatic rings. The molecule has 3 N–H and O–H groups in total. The van der Waals surface area contributed by atoms with Gasteiger partial charge in [-0.15, -0.1) is 0 Å². The van der Waals surface area contributed by atoms with Crippen molar-refractivity contribution in [3.8, 4) is 0 Å². The molecule has 0 aromatic heterocycles. The van der Waals surface area contributed by atoms with E-state index in [0.717, 1.165) is 5.56 Å². The quantitative estimate of drug-likeness (QED) is 0.402. The van der Waals surface area contributed by atoms with Gasteiger partial charge in [-0.2, -0.15) is 0 Å². The summed E-state index contributed by atoms with van der Waals surface area (Å²) in [5.74, 6) is -2.50. The van der Waals surface area contributed by atoms with Crippen molar-refractivity contribution in [1.82, 2.24) is 16.0 Å². The molecule has 1 saturated heterocycles. The summed E-state index contributed by atoms with van der Waals surface area (Å²) in [4.78, 5) is 58.8. The minimum Gasteiger partial charge on any atom is -0.445 e. The van der Waals surface area contributed by atoms with Crippen molar-refractivity contribution in [3.63, 3.8) is 0 Å². The number of nitrogens with one attached hydrogen (secondary N) is 3. The maximum absolute atomic E-state index is 13.1. The van der Waals surface area contributed by atoms with E-state index in [1.807, 2.05) is 30.3 Å². The van der Waals surface area contributed by atoms with E-state index in [9.17, 15) is 19.2 Å². The van der Waals surface area contributed by atoms with Crippen LogP contribution in [0.3, 0.4) is 0 Å². The highest BCUT2D eigenvalue weighted by atomic mass is 16.5. The van der Waals surface area contributed by atoms with Crippen molar-refractivity contribution in [2.45, 2.75) is 51.8 Å². The molecule has 1 aliphatic heterocycles. The van der Waals surface area contributed by atoms with Crippen LogP contribution in [-0.2, 0) is 25.7 Å². The number of Topliss-reactive ketones (excluding diaryl/α,β-unsaturated/α-hetero) is 1. The number of ether oxygens (including phenoxy) is 1. The number of amides is 3. The topological polar surface area (TPSA) is 138 Å². The first-order valence-electron chi connectivity index (χ1n) is 11.5. The Bertz CT molecular complexity index is 987. The van der Waals surface area contributed by atoms with E-state index in [1.165, 1.54) is 6.20 Å². The van der Waals surface area contributed by atoms with Gasteiger partial charge in [-0.25, -0.2) is 4.79 Å². The van der Waals surface area contributed by atoms with Gasteiger partial charge in [0, 0.05) is 31.9 Å². The summed E-state index contributed by atoms with van der Waals surface area (Å²) < 4.78 is 5.23. The fraction of sp³-hybridized carbons (Fsp3) is 0.440. The monoisotopic (exact) mass is 483 g/mol. The third kappa shape index (κ3) is 8.47. The van der Waals surface area contributed by atoms with Gasteiger partial charge in [0.15, 0.2) is 0 Å². The van der Waals surface area contributed by atoms with E-state index < -0.39 is 35.8 Å². The van der Waals surface area contributed by atoms with Crippen LogP contribution in [-0.4, -0.2) is 61.8 Å². The third-order valence-electron chi connectivity index (χ3n) is 5.48. The van der Waals surface area contributed by atoms with E-state index in [2.05, 4.69) is 32.7 Å². The Morgan fingerprint density at radius 2 is 1.97 bits per heavy atom. The molecule has 3 amide bonds. The number of hydrogen-bond acceptors (Lipinski definition) is 7. The number of ketones is 1. The summed E-state index contributed by atoms with van der Waals surface area (Å²) in [6, 6.07) is 6.96. The van der Waals surface area contributed by atoms with Crippen molar-refractivity contribution in [1.29, 1.82) is 0 Å². The smallest absolute Gasteiger partial charge is 0.408 e. The minimum atomic E-state index is -1.17. The number of rotatable bonds is 7. The largest absolute Gasteiger partial charge is 0.445 e. The molecular weight excluding hydrogens is 450 g/mol. The molecule has 1 fully saturated rings. The average Bonchev–Trinajstić information content (AvgIpc) is 2.84. The number of hydrogen-bond donors (Lipinski definition) is 3. The molecule has 10 heteroatoms. The number of alkyl carbamates (subject to hydrolysis) is 1. The summed E-state index contributed by atoms with van der Waals surface area (Å²) in [6.07, 6.45) is 1.88. The van der Waals surface area contributed by atoms with Crippen LogP contribution in [0.4, 0.5) is 4.79 Å². The van der Waals surface area contributed by atoms with E-state index in [0.29, 0.717) is 30.7 Å². The summed E-state index contributed by atoms with van der Waals surface area (Å²) in [7, 11) is 1.63. The number of carbonyl (C=O) groups is 4. The maximum Gasteiger partial charge on any atom is 0.408 e. The van der Waals surface area contributed by atoms with Crippen molar-refractivity contribution in [2.24, 2.45) is 15.9 Å². The Balaban J connectivity index is 2.16. The molecule has 2 rings (SSSR count). The molecule has 2 atom stereocenters. The predicted octanol–water partition coefficient (Wildman–Crippen LogP) is 1.95. The lowest BCUT2D eigenvalue weighted by Gasteiger charge is -2.26. The van der Waals surface area contributed by atoms with Crippen molar-refractivity contribution >= 4 is 36.1 Å².